The average molecular weight is 428 g/mol. The lowest BCUT2D eigenvalue weighted by molar-refractivity contribution is -0.121. The summed E-state index contributed by atoms with van der Waals surface area (Å²) < 4.78 is 0. The number of amides is 1. The minimum Gasteiger partial charge on any atom is -0.294 e. The molecule has 3 nitrogen and oxygen atoms in total. The van der Waals surface area contributed by atoms with Crippen molar-refractivity contribution in [1.82, 2.24) is 0 Å². The van der Waals surface area contributed by atoms with Crippen LogP contribution in [-0.2, 0) is 9.59 Å². The minimum absolute atomic E-state index is 0.0518. The largest absolute Gasteiger partial charge is 0.294 e. The summed E-state index contributed by atoms with van der Waals surface area (Å²) in [6.45, 7) is 6.16. The number of nitrogens with zero attached hydrogens (tertiary/aromatic N) is 1. The van der Waals surface area contributed by atoms with Crippen molar-refractivity contribution in [2.24, 2.45) is 5.41 Å². The van der Waals surface area contributed by atoms with E-state index in [1.165, 1.54) is 0 Å². The molecule has 0 radical (unpaired) electrons. The van der Waals surface area contributed by atoms with Gasteiger partial charge in [0.2, 0.25) is 5.91 Å². The highest BCUT2D eigenvalue weighted by Crippen LogP contribution is 2.49. The van der Waals surface area contributed by atoms with Crippen LogP contribution in [0.1, 0.15) is 50.2 Å². The minimum atomic E-state index is -0.220. The fourth-order valence-corrected chi connectivity index (χ4v) is 4.93. The Morgan fingerprint density at radius 3 is 2.34 bits per heavy atom. The van der Waals surface area contributed by atoms with Gasteiger partial charge in [-0.1, -0.05) is 66.9 Å². The van der Waals surface area contributed by atoms with Gasteiger partial charge in [0.25, 0.3) is 0 Å². The SMILES string of the molecule is Cc1ccc(C2CC(=O)N(c3ccc(Cl)cc3Cl)C3=C2C(=O)CC(C)(C)C3)cc1. The summed E-state index contributed by atoms with van der Waals surface area (Å²) in [6.07, 6.45) is 1.36. The van der Waals surface area contributed by atoms with Crippen LogP contribution in [0, 0.1) is 12.3 Å². The third-order valence-corrected chi connectivity index (χ3v) is 6.31. The topological polar surface area (TPSA) is 37.4 Å². The Morgan fingerprint density at radius 1 is 1.00 bits per heavy atom. The Kier molecular flexibility index (Phi) is 5.08. The molecule has 0 bridgehead atoms. The zero-order valence-corrected chi connectivity index (χ0v) is 18.3. The first-order valence-electron chi connectivity index (χ1n) is 9.77. The van der Waals surface area contributed by atoms with Gasteiger partial charge in [-0.3, -0.25) is 14.5 Å². The third-order valence-electron chi connectivity index (χ3n) is 5.77. The molecule has 0 N–H and O–H groups in total. The second kappa shape index (κ2) is 7.30. The highest BCUT2D eigenvalue weighted by Gasteiger charge is 2.44. The monoisotopic (exact) mass is 427 g/mol. The van der Waals surface area contributed by atoms with Crippen LogP contribution in [0.2, 0.25) is 10.0 Å². The van der Waals surface area contributed by atoms with E-state index in [4.69, 9.17) is 23.2 Å². The molecule has 2 aliphatic rings. The van der Waals surface area contributed by atoms with Crippen LogP contribution in [-0.4, -0.2) is 11.7 Å². The van der Waals surface area contributed by atoms with Crippen LogP contribution in [0.25, 0.3) is 0 Å². The molecule has 1 unspecified atom stereocenters. The molecule has 4 rings (SSSR count). The summed E-state index contributed by atoms with van der Waals surface area (Å²) in [5.74, 6) is -0.155. The molecule has 0 fully saturated rings. The number of carbonyl (C=O) groups is 2. The number of Topliss-reactive ketones (excluding diaryl/α,β-unsaturated/α-hetero) is 1. The predicted molar refractivity (Wildman–Crippen MR) is 118 cm³/mol. The Bertz CT molecular complexity index is 1040. The number of hydrogen-bond acceptors (Lipinski definition) is 2. The molecule has 0 aromatic heterocycles. The van der Waals surface area contributed by atoms with E-state index >= 15 is 0 Å². The van der Waals surface area contributed by atoms with Crippen LogP contribution in [0.15, 0.2) is 53.7 Å². The van der Waals surface area contributed by atoms with E-state index in [2.05, 4.69) is 13.8 Å². The first-order chi connectivity index (χ1) is 13.7. The number of carbonyl (C=O) groups excluding carboxylic acids is 2. The summed E-state index contributed by atoms with van der Waals surface area (Å²) in [4.78, 5) is 28.3. The molecule has 1 aliphatic heterocycles. The van der Waals surface area contributed by atoms with E-state index < -0.39 is 0 Å². The number of anilines is 1. The second-order valence-corrected chi connectivity index (χ2v) is 9.64. The van der Waals surface area contributed by atoms with Gasteiger partial charge in [-0.25, -0.2) is 0 Å². The Labute approximate surface area is 181 Å². The molecule has 0 spiro atoms. The Balaban J connectivity index is 1.91. The molecule has 29 heavy (non-hydrogen) atoms. The fraction of sp³-hybridized carbons (Fsp3) is 0.333. The lowest BCUT2D eigenvalue weighted by Crippen LogP contribution is -2.43. The average Bonchev–Trinajstić information content (AvgIpc) is 2.62. The van der Waals surface area contributed by atoms with Gasteiger partial charge in [0, 0.05) is 35.1 Å². The van der Waals surface area contributed by atoms with E-state index in [1.807, 2.05) is 31.2 Å². The number of hydrogen-bond donors (Lipinski definition) is 0. The molecule has 1 aliphatic carbocycles. The number of benzene rings is 2. The molecular formula is C24H23Cl2NO2. The highest BCUT2D eigenvalue weighted by molar-refractivity contribution is 6.37. The number of ketones is 1. The van der Waals surface area contributed by atoms with Gasteiger partial charge < -0.3 is 0 Å². The zero-order valence-electron chi connectivity index (χ0n) is 16.8. The summed E-state index contributed by atoms with van der Waals surface area (Å²) in [7, 11) is 0. The predicted octanol–water partition coefficient (Wildman–Crippen LogP) is 6.47. The molecule has 5 heteroatoms. The highest BCUT2D eigenvalue weighted by atomic mass is 35.5. The molecule has 2 aromatic rings. The second-order valence-electron chi connectivity index (χ2n) is 8.79. The smallest absolute Gasteiger partial charge is 0.232 e. The Morgan fingerprint density at radius 2 is 1.69 bits per heavy atom. The summed E-state index contributed by atoms with van der Waals surface area (Å²) >= 11 is 12.5. The number of aryl methyl sites for hydroxylation is 1. The first-order valence-corrected chi connectivity index (χ1v) is 10.5. The molecule has 150 valence electrons. The van der Waals surface area contributed by atoms with Crippen molar-refractivity contribution in [1.29, 1.82) is 0 Å². The van der Waals surface area contributed by atoms with Crippen molar-refractivity contribution >= 4 is 40.6 Å². The van der Waals surface area contributed by atoms with Gasteiger partial charge in [-0.05, 0) is 42.5 Å². The zero-order chi connectivity index (χ0) is 20.9. The van der Waals surface area contributed by atoms with Crippen LogP contribution in [0.3, 0.4) is 0 Å². The van der Waals surface area contributed by atoms with E-state index in [-0.39, 0.29) is 29.4 Å². The normalized spacial score (nSPS) is 21.4. The van der Waals surface area contributed by atoms with Crippen molar-refractivity contribution in [3.63, 3.8) is 0 Å². The molecule has 1 amide bonds. The first kappa shape index (κ1) is 20.2. The van der Waals surface area contributed by atoms with Crippen LogP contribution < -0.4 is 4.90 Å². The number of rotatable bonds is 2. The maximum atomic E-state index is 13.3. The van der Waals surface area contributed by atoms with E-state index in [9.17, 15) is 9.59 Å². The van der Waals surface area contributed by atoms with Crippen LogP contribution >= 0.6 is 23.2 Å². The van der Waals surface area contributed by atoms with Crippen molar-refractivity contribution in [2.75, 3.05) is 4.90 Å². The molecular weight excluding hydrogens is 405 g/mol. The lowest BCUT2D eigenvalue weighted by atomic mass is 9.69. The summed E-state index contributed by atoms with van der Waals surface area (Å²) in [5, 5.41) is 0.914. The van der Waals surface area contributed by atoms with Crippen LogP contribution in [0.5, 0.6) is 0 Å². The lowest BCUT2D eigenvalue weighted by Gasteiger charge is -2.43. The fourth-order valence-electron chi connectivity index (χ4n) is 4.44. The van der Waals surface area contributed by atoms with E-state index in [0.29, 0.717) is 28.6 Å². The van der Waals surface area contributed by atoms with Gasteiger partial charge in [0.1, 0.15) is 0 Å². The van der Waals surface area contributed by atoms with Crippen LogP contribution in [0.4, 0.5) is 5.69 Å². The summed E-state index contributed by atoms with van der Waals surface area (Å²) in [5.41, 5.74) is 4.04. The maximum absolute atomic E-state index is 13.3. The number of allylic oxidation sites excluding steroid dienone is 2. The van der Waals surface area contributed by atoms with Crippen molar-refractivity contribution < 1.29 is 9.59 Å². The van der Waals surface area contributed by atoms with Gasteiger partial charge in [-0.2, -0.15) is 0 Å². The van der Waals surface area contributed by atoms with Gasteiger partial charge >= 0.3 is 0 Å². The molecule has 2 aromatic carbocycles. The quantitative estimate of drug-likeness (QED) is 0.550. The van der Waals surface area contributed by atoms with Crippen molar-refractivity contribution in [3.8, 4) is 0 Å². The van der Waals surface area contributed by atoms with Crippen molar-refractivity contribution in [3.05, 3.63) is 74.9 Å². The standard InChI is InChI=1S/C24H23Cl2NO2/c1-14-4-6-15(7-5-14)17-11-22(29)27(19-9-8-16(25)10-18(19)26)20-12-24(2,3)13-21(28)23(17)20/h4-10,17H,11-13H2,1-3H3. The van der Waals surface area contributed by atoms with E-state index in [1.54, 1.807) is 23.1 Å². The van der Waals surface area contributed by atoms with Crippen molar-refractivity contribution in [2.45, 2.75) is 46.0 Å². The summed E-state index contributed by atoms with van der Waals surface area (Å²) in [6, 6.07) is 13.2. The Hall–Kier alpha value is -2.10. The number of halogens is 2. The molecule has 1 atom stereocenters. The van der Waals surface area contributed by atoms with Gasteiger partial charge in [-0.15, -0.1) is 0 Å². The van der Waals surface area contributed by atoms with Gasteiger partial charge in [0.15, 0.2) is 5.78 Å². The third kappa shape index (κ3) is 3.74. The van der Waals surface area contributed by atoms with E-state index in [0.717, 1.165) is 22.4 Å². The molecule has 1 heterocycles. The molecule has 0 saturated heterocycles. The molecule has 0 saturated carbocycles. The maximum Gasteiger partial charge on any atom is 0.232 e. The van der Waals surface area contributed by atoms with Gasteiger partial charge in [0.05, 0.1) is 10.7 Å².